The number of hydrogen-bond acceptors (Lipinski definition) is 7. The number of aromatic nitrogens is 4. The molecule has 15 nitrogen and oxygen atoms in total. The molecule has 3 aromatic rings. The number of nitrogens with one attached hydrogen (secondary N) is 4. The molecule has 0 saturated carbocycles. The summed E-state index contributed by atoms with van der Waals surface area (Å²) in [6, 6.07) is 6.53. The Kier molecular flexibility index (Phi) is 11.9. The molecule has 51 heavy (non-hydrogen) atoms. The van der Waals surface area contributed by atoms with Crippen LogP contribution in [0.4, 0.5) is 9.59 Å². The lowest BCUT2D eigenvalue weighted by atomic mass is 10.0. The number of likely N-dealkylation sites (tertiary alicyclic amines) is 2. The standard InChI is InChI=1S/C36H48N10O5/c1-21(2)26(43-36(50)51-5)19-40-34(37)46-17-7-9-29(46)32-39-20-27(42-32)24-13-10-23(11-14-24)12-15-25-18-38-31(41-25)28-8-6-16-45(28)33(47)30(22(3)4)44-35(48)49/h10-11,13-14,18,20-22,26,28-30,44H,6-9,16-17,19H2,1-5H3,(H2,37,40)(H,38,41)(H,39,42)(H,43,50)(H,48,49). The maximum atomic E-state index is 13.3. The van der Waals surface area contributed by atoms with Gasteiger partial charge in [0.05, 0.1) is 49.9 Å². The fraction of sp³-hybridized carbons (Fsp3) is 0.500. The van der Waals surface area contributed by atoms with E-state index in [-0.39, 0.29) is 35.9 Å². The molecule has 7 N–H and O–H groups in total. The zero-order valence-electron chi connectivity index (χ0n) is 29.8. The molecule has 2 fully saturated rings. The van der Waals surface area contributed by atoms with Crippen LogP contribution in [0.1, 0.15) is 88.4 Å². The summed E-state index contributed by atoms with van der Waals surface area (Å²) >= 11 is 0. The zero-order chi connectivity index (χ0) is 36.7. The van der Waals surface area contributed by atoms with Crippen molar-refractivity contribution in [2.24, 2.45) is 22.6 Å². The lowest BCUT2D eigenvalue weighted by molar-refractivity contribution is -0.135. The smallest absolute Gasteiger partial charge is 0.407 e. The molecule has 272 valence electrons. The van der Waals surface area contributed by atoms with E-state index < -0.39 is 18.2 Å². The van der Waals surface area contributed by atoms with Gasteiger partial charge < -0.3 is 46.0 Å². The number of guanidine groups is 1. The molecule has 2 saturated heterocycles. The number of hydrogen-bond donors (Lipinski definition) is 6. The fourth-order valence-electron chi connectivity index (χ4n) is 6.48. The molecule has 0 radical (unpaired) electrons. The molecular formula is C36H48N10O5. The van der Waals surface area contributed by atoms with Crippen LogP contribution in [0, 0.1) is 23.7 Å². The number of alkyl carbamates (subject to hydrolysis) is 1. The van der Waals surface area contributed by atoms with Gasteiger partial charge in [-0.3, -0.25) is 9.79 Å². The van der Waals surface area contributed by atoms with Crippen LogP contribution in [-0.4, -0.2) is 97.7 Å². The molecular weight excluding hydrogens is 652 g/mol. The molecule has 4 atom stereocenters. The van der Waals surface area contributed by atoms with E-state index in [2.05, 4.69) is 52.3 Å². The van der Waals surface area contributed by atoms with Crippen molar-refractivity contribution in [2.75, 3.05) is 26.7 Å². The number of rotatable bonds is 10. The Bertz CT molecular complexity index is 1770. The van der Waals surface area contributed by atoms with Gasteiger partial charge in [0.2, 0.25) is 5.91 Å². The molecule has 0 bridgehead atoms. The van der Waals surface area contributed by atoms with Crippen LogP contribution < -0.4 is 16.4 Å². The molecule has 0 spiro atoms. The van der Waals surface area contributed by atoms with Crippen LogP contribution in [-0.2, 0) is 9.53 Å². The highest BCUT2D eigenvalue weighted by molar-refractivity contribution is 5.86. The van der Waals surface area contributed by atoms with Gasteiger partial charge in [0, 0.05) is 18.7 Å². The van der Waals surface area contributed by atoms with Gasteiger partial charge in [0.25, 0.3) is 0 Å². The third-order valence-corrected chi connectivity index (χ3v) is 9.40. The Morgan fingerprint density at radius 3 is 2.25 bits per heavy atom. The van der Waals surface area contributed by atoms with Crippen LogP contribution in [0.2, 0.25) is 0 Å². The maximum Gasteiger partial charge on any atom is 0.407 e. The average Bonchev–Trinajstić information content (AvgIpc) is 3.93. The largest absolute Gasteiger partial charge is 0.465 e. The van der Waals surface area contributed by atoms with Crippen molar-refractivity contribution in [3.8, 4) is 23.1 Å². The molecule has 0 aliphatic carbocycles. The topological polar surface area (TPSA) is 207 Å². The second-order valence-electron chi connectivity index (χ2n) is 13.6. The monoisotopic (exact) mass is 700 g/mol. The summed E-state index contributed by atoms with van der Waals surface area (Å²) in [5, 5.41) is 14.4. The minimum atomic E-state index is -1.22. The number of aliphatic imine (C=N–C) groups is 1. The fourth-order valence-corrected chi connectivity index (χ4v) is 6.48. The van der Waals surface area contributed by atoms with Crippen molar-refractivity contribution in [2.45, 2.75) is 77.5 Å². The number of amides is 3. The number of nitrogens with two attached hydrogens (primary N) is 1. The minimum Gasteiger partial charge on any atom is -0.465 e. The molecule has 3 amide bonds. The average molecular weight is 701 g/mol. The molecule has 4 heterocycles. The molecule has 2 aromatic heterocycles. The van der Waals surface area contributed by atoms with Gasteiger partial charge >= 0.3 is 12.2 Å². The number of carbonyl (C=O) groups is 3. The first-order valence-corrected chi connectivity index (χ1v) is 17.4. The summed E-state index contributed by atoms with van der Waals surface area (Å²) in [6.07, 6.45) is 5.14. The zero-order valence-corrected chi connectivity index (χ0v) is 29.8. The normalized spacial score (nSPS) is 18.8. The lowest BCUT2D eigenvalue weighted by Gasteiger charge is -2.29. The Hall–Kier alpha value is -5.52. The number of imidazole rings is 2. The van der Waals surface area contributed by atoms with E-state index in [1.807, 2.05) is 58.2 Å². The van der Waals surface area contributed by atoms with Crippen molar-refractivity contribution >= 4 is 24.1 Å². The summed E-state index contributed by atoms with van der Waals surface area (Å²) in [4.78, 5) is 60.6. The van der Waals surface area contributed by atoms with Gasteiger partial charge in [0.1, 0.15) is 23.4 Å². The lowest BCUT2D eigenvalue weighted by Crippen LogP contribution is -2.50. The third kappa shape index (κ3) is 8.99. The number of methoxy groups -OCH3 is 1. The van der Waals surface area contributed by atoms with Crippen LogP contribution in [0.25, 0.3) is 11.3 Å². The van der Waals surface area contributed by atoms with Gasteiger partial charge in [-0.2, -0.15) is 0 Å². The first-order chi connectivity index (χ1) is 24.4. The minimum absolute atomic E-state index is 0.0366. The Labute approximate surface area is 297 Å². The Morgan fingerprint density at radius 1 is 0.961 bits per heavy atom. The second-order valence-corrected chi connectivity index (χ2v) is 13.6. The highest BCUT2D eigenvalue weighted by atomic mass is 16.5. The highest BCUT2D eigenvalue weighted by Crippen LogP contribution is 2.32. The number of benzene rings is 1. The Morgan fingerprint density at radius 2 is 1.61 bits per heavy atom. The predicted molar refractivity (Wildman–Crippen MR) is 191 cm³/mol. The van der Waals surface area contributed by atoms with E-state index in [0.717, 1.165) is 54.9 Å². The predicted octanol–water partition coefficient (Wildman–Crippen LogP) is 3.99. The number of carboxylic acid groups (broad SMARTS) is 1. The van der Waals surface area contributed by atoms with Gasteiger partial charge in [0.15, 0.2) is 5.96 Å². The Balaban J connectivity index is 1.21. The van der Waals surface area contributed by atoms with Gasteiger partial charge in [-0.15, -0.1) is 0 Å². The van der Waals surface area contributed by atoms with Gasteiger partial charge in [-0.25, -0.2) is 19.6 Å². The number of ether oxygens (including phenoxy) is 1. The van der Waals surface area contributed by atoms with E-state index in [0.29, 0.717) is 30.6 Å². The van der Waals surface area contributed by atoms with E-state index >= 15 is 0 Å². The number of nitrogens with zero attached hydrogens (tertiary/aromatic N) is 5. The van der Waals surface area contributed by atoms with Crippen molar-refractivity contribution in [1.82, 2.24) is 40.4 Å². The SMILES string of the molecule is COC(=O)NC(CN=C(N)N1CCCC1c1ncc(-c2ccc(C#Cc3cnc(C4CCCN4C(=O)C(NC(=O)O)C(C)C)[nH]3)cc2)[nH]1)C(C)C. The number of aromatic amines is 2. The van der Waals surface area contributed by atoms with Gasteiger partial charge in [-0.05, 0) is 61.1 Å². The van der Waals surface area contributed by atoms with Crippen molar-refractivity contribution < 1.29 is 24.2 Å². The van der Waals surface area contributed by atoms with Crippen LogP contribution in [0.15, 0.2) is 41.7 Å². The van der Waals surface area contributed by atoms with E-state index in [4.69, 9.17) is 10.5 Å². The summed E-state index contributed by atoms with van der Waals surface area (Å²) in [5.41, 5.74) is 9.73. The molecule has 15 heteroatoms. The first kappa shape index (κ1) is 36.8. The summed E-state index contributed by atoms with van der Waals surface area (Å²) in [6.45, 7) is 9.30. The first-order valence-electron chi connectivity index (χ1n) is 17.4. The van der Waals surface area contributed by atoms with Crippen LogP contribution in [0.3, 0.4) is 0 Å². The van der Waals surface area contributed by atoms with E-state index in [9.17, 15) is 19.5 Å². The number of carbonyl (C=O) groups excluding carboxylic acids is 2. The molecule has 4 unspecified atom stereocenters. The molecule has 2 aliphatic rings. The second kappa shape index (κ2) is 16.5. The third-order valence-electron chi connectivity index (χ3n) is 9.40. The molecule has 2 aliphatic heterocycles. The summed E-state index contributed by atoms with van der Waals surface area (Å²) < 4.78 is 4.75. The van der Waals surface area contributed by atoms with Crippen LogP contribution in [0.5, 0.6) is 0 Å². The van der Waals surface area contributed by atoms with Crippen molar-refractivity contribution in [1.29, 1.82) is 0 Å². The quantitative estimate of drug-likeness (QED) is 0.103. The van der Waals surface area contributed by atoms with E-state index in [1.54, 1.807) is 11.1 Å². The van der Waals surface area contributed by atoms with Crippen LogP contribution >= 0.6 is 0 Å². The number of H-pyrrole nitrogens is 2. The van der Waals surface area contributed by atoms with E-state index in [1.165, 1.54) is 7.11 Å². The van der Waals surface area contributed by atoms with Gasteiger partial charge in [-0.1, -0.05) is 45.7 Å². The van der Waals surface area contributed by atoms with Crippen molar-refractivity contribution in [3.05, 3.63) is 59.6 Å². The van der Waals surface area contributed by atoms with Crippen molar-refractivity contribution in [3.63, 3.8) is 0 Å². The maximum absolute atomic E-state index is 13.3. The summed E-state index contributed by atoms with van der Waals surface area (Å²) in [7, 11) is 1.34. The molecule has 5 rings (SSSR count). The molecule has 1 aromatic carbocycles. The summed E-state index contributed by atoms with van der Waals surface area (Å²) in [5.74, 6) is 7.89. The highest BCUT2D eigenvalue weighted by Gasteiger charge is 2.37.